The van der Waals surface area contributed by atoms with Gasteiger partial charge < -0.3 is 29.4 Å². The van der Waals surface area contributed by atoms with E-state index in [9.17, 15) is 19.8 Å². The van der Waals surface area contributed by atoms with Crippen LogP contribution in [0.3, 0.4) is 0 Å². The molecular weight excluding hydrogens is 434 g/mol. The van der Waals surface area contributed by atoms with Gasteiger partial charge in [-0.15, -0.1) is 0 Å². The lowest BCUT2D eigenvalue weighted by atomic mass is 9.89. The Morgan fingerprint density at radius 3 is 2.47 bits per heavy atom. The number of hydrogen-bond acceptors (Lipinski definition) is 4. The Hall–Kier alpha value is -3.88. The summed E-state index contributed by atoms with van der Waals surface area (Å²) in [4.78, 5) is 25.7. The number of rotatable bonds is 1. The first kappa shape index (κ1) is 18.5. The van der Waals surface area contributed by atoms with Crippen molar-refractivity contribution >= 4 is 55.5 Å². The topological polar surface area (TPSA) is 106 Å². The molecule has 5 aromatic rings. The number of carbonyl (C=O) groups is 2. The number of ether oxygens (including phenoxy) is 1. The fourth-order valence-corrected chi connectivity index (χ4v) is 6.73. The summed E-state index contributed by atoms with van der Waals surface area (Å²) in [5.74, 6) is -1.43. The fraction of sp³-hybridized carbons (Fsp3) is 0.231. The zero-order chi connectivity index (χ0) is 23.1. The van der Waals surface area contributed by atoms with Crippen molar-refractivity contribution in [2.75, 3.05) is 0 Å². The van der Waals surface area contributed by atoms with Crippen molar-refractivity contribution in [2.45, 2.75) is 37.4 Å². The highest BCUT2D eigenvalue weighted by atomic mass is 16.6. The van der Waals surface area contributed by atoms with Crippen molar-refractivity contribution in [3.63, 3.8) is 0 Å². The average molecular weight is 453 g/mol. The third-order valence-electron chi connectivity index (χ3n) is 8.19. The number of nitrogens with one attached hydrogen (secondary N) is 1. The van der Waals surface area contributed by atoms with Gasteiger partial charge >= 0.3 is 5.97 Å². The third-order valence-corrected chi connectivity index (χ3v) is 8.19. The molecule has 0 aliphatic carbocycles. The first-order chi connectivity index (χ1) is 16.4. The number of hydrogen-bond donors (Lipinski definition) is 3. The van der Waals surface area contributed by atoms with E-state index in [-0.39, 0.29) is 12.3 Å². The first-order valence-corrected chi connectivity index (χ1v) is 11.3. The number of aromatic nitrogens is 2. The highest BCUT2D eigenvalue weighted by Crippen LogP contribution is 2.57. The van der Waals surface area contributed by atoms with Gasteiger partial charge in [0.05, 0.1) is 27.6 Å². The third kappa shape index (κ3) is 1.71. The Morgan fingerprint density at radius 2 is 1.74 bits per heavy atom. The molecule has 168 valence electrons. The van der Waals surface area contributed by atoms with Crippen LogP contribution in [0.1, 0.15) is 35.5 Å². The number of carbonyl (C=O) groups excluding carboxylic acids is 1. The number of aliphatic carboxylic acids is 1. The van der Waals surface area contributed by atoms with E-state index >= 15 is 0 Å². The molecule has 3 N–H and O–H groups in total. The van der Waals surface area contributed by atoms with Crippen LogP contribution in [-0.4, -0.2) is 36.8 Å². The molecule has 8 nitrogen and oxygen atoms in total. The highest BCUT2D eigenvalue weighted by Gasteiger charge is 2.65. The van der Waals surface area contributed by atoms with Gasteiger partial charge in [-0.3, -0.25) is 4.79 Å². The van der Waals surface area contributed by atoms with E-state index in [1.807, 2.05) is 57.7 Å². The van der Waals surface area contributed by atoms with Gasteiger partial charge in [-0.2, -0.15) is 0 Å². The molecule has 3 aliphatic rings. The predicted octanol–water partition coefficient (Wildman–Crippen LogP) is 3.57. The molecule has 0 radical (unpaired) electrons. The van der Waals surface area contributed by atoms with Crippen LogP contribution in [0, 0.1) is 0 Å². The molecule has 3 atom stereocenters. The second kappa shape index (κ2) is 5.43. The van der Waals surface area contributed by atoms with Crippen molar-refractivity contribution in [3.8, 4) is 0 Å². The number of amides is 1. The number of carboxylic acids is 1. The molecule has 5 heterocycles. The molecule has 1 amide bonds. The largest absolute Gasteiger partial charge is 0.479 e. The minimum atomic E-state index is -2.16. The fourth-order valence-electron chi connectivity index (χ4n) is 6.73. The Bertz CT molecular complexity index is 1810. The molecular formula is C26H19N3O5. The minimum absolute atomic E-state index is 0.111. The average Bonchev–Trinajstić information content (AvgIpc) is 3.51. The zero-order valence-corrected chi connectivity index (χ0v) is 18.1. The zero-order valence-electron chi connectivity index (χ0n) is 18.1. The monoisotopic (exact) mass is 453 g/mol. The number of benzene rings is 3. The quantitative estimate of drug-likeness (QED) is 0.360. The molecule has 8 heteroatoms. The van der Waals surface area contributed by atoms with E-state index in [1.165, 1.54) is 0 Å². The second-order valence-corrected chi connectivity index (χ2v) is 9.65. The molecule has 0 spiro atoms. The van der Waals surface area contributed by atoms with Gasteiger partial charge in [0.25, 0.3) is 5.91 Å². The van der Waals surface area contributed by atoms with Gasteiger partial charge in [-0.1, -0.05) is 36.4 Å². The first-order valence-electron chi connectivity index (χ1n) is 11.3. The van der Waals surface area contributed by atoms with Crippen LogP contribution in [0.4, 0.5) is 0 Å². The van der Waals surface area contributed by atoms with Crippen LogP contribution in [-0.2, 0) is 21.8 Å². The Labute approximate surface area is 191 Å². The lowest BCUT2D eigenvalue weighted by molar-refractivity contribution is -0.200. The number of para-hydroxylation sites is 2. The lowest BCUT2D eigenvalue weighted by Crippen LogP contribution is -2.55. The van der Waals surface area contributed by atoms with Crippen molar-refractivity contribution in [1.29, 1.82) is 0 Å². The molecule has 2 bridgehead atoms. The molecule has 0 unspecified atom stereocenters. The number of fused-ring (bicyclic) bond motifs is 13. The van der Waals surface area contributed by atoms with E-state index < -0.39 is 23.5 Å². The van der Waals surface area contributed by atoms with Crippen LogP contribution in [0.15, 0.2) is 48.5 Å². The molecule has 3 aromatic carbocycles. The van der Waals surface area contributed by atoms with Gasteiger partial charge in [0, 0.05) is 34.5 Å². The van der Waals surface area contributed by atoms with Gasteiger partial charge in [-0.05, 0) is 24.6 Å². The van der Waals surface area contributed by atoms with Gasteiger partial charge in [0.1, 0.15) is 6.23 Å². The van der Waals surface area contributed by atoms with Crippen LogP contribution in [0.25, 0.3) is 43.6 Å². The number of nitrogens with zero attached hydrogens (tertiary/aromatic N) is 2. The summed E-state index contributed by atoms with van der Waals surface area (Å²) in [6, 6.07) is 15.5. The number of aliphatic hydroxyl groups is 1. The summed E-state index contributed by atoms with van der Waals surface area (Å²) in [6.07, 6.45) is -0.846. The molecule has 8 rings (SSSR count). The number of carboxylic acid groups (broad SMARTS) is 1. The van der Waals surface area contributed by atoms with E-state index in [1.54, 1.807) is 6.92 Å². The molecule has 3 aliphatic heterocycles. The van der Waals surface area contributed by atoms with Crippen LogP contribution in [0.2, 0.25) is 0 Å². The van der Waals surface area contributed by atoms with E-state index in [0.717, 1.165) is 49.2 Å². The van der Waals surface area contributed by atoms with Crippen LogP contribution >= 0.6 is 0 Å². The predicted molar refractivity (Wildman–Crippen MR) is 125 cm³/mol. The molecule has 2 aromatic heterocycles. The van der Waals surface area contributed by atoms with E-state index in [0.29, 0.717) is 12.1 Å². The highest BCUT2D eigenvalue weighted by molar-refractivity contribution is 6.31. The van der Waals surface area contributed by atoms with Gasteiger partial charge in [0.15, 0.2) is 5.72 Å². The summed E-state index contributed by atoms with van der Waals surface area (Å²) in [5, 5.41) is 28.4. The van der Waals surface area contributed by atoms with Crippen molar-refractivity contribution in [2.24, 2.45) is 0 Å². The minimum Gasteiger partial charge on any atom is -0.479 e. The standard InChI is InChI=1S/C26H19N3O5/c1-25-26(33,24(31)32)10-17(34-25)28-15-8-4-2-6-12(15)19-20-14(11-27-23(20)30)18-13-7-3-5-9-16(13)29(25)22(18)21(19)28/h2-9,17,33H,10-11H2,1H3,(H,27,30)(H,31,32)/t17-,25+,26-/m0/s1. The maximum atomic E-state index is 13.2. The molecule has 1 fully saturated rings. The van der Waals surface area contributed by atoms with Crippen LogP contribution < -0.4 is 5.32 Å². The summed E-state index contributed by atoms with van der Waals surface area (Å²) in [7, 11) is 0. The Balaban J connectivity index is 1.77. The Morgan fingerprint density at radius 1 is 1.06 bits per heavy atom. The second-order valence-electron chi connectivity index (χ2n) is 9.65. The summed E-state index contributed by atoms with van der Waals surface area (Å²) in [6.45, 7) is 2.04. The lowest BCUT2D eigenvalue weighted by Gasteiger charge is -2.36. The van der Waals surface area contributed by atoms with Crippen molar-refractivity contribution in [3.05, 3.63) is 59.7 Å². The van der Waals surface area contributed by atoms with Crippen LogP contribution in [0.5, 0.6) is 0 Å². The van der Waals surface area contributed by atoms with E-state index in [2.05, 4.69) is 5.32 Å². The molecule has 0 saturated carbocycles. The van der Waals surface area contributed by atoms with Crippen molar-refractivity contribution in [1.82, 2.24) is 14.5 Å². The SMILES string of the molecule is C[C@@]12O[C@@H](C[C@]1(O)C(=O)O)n1c3ccccc3c3c4c(c5c6ccccc6n2c5c31)CNC4=O. The maximum Gasteiger partial charge on any atom is 0.341 e. The van der Waals surface area contributed by atoms with Gasteiger partial charge in [0.2, 0.25) is 5.60 Å². The summed E-state index contributed by atoms with van der Waals surface area (Å²) < 4.78 is 10.4. The normalized spacial score (nSPS) is 27.2. The Kier molecular flexibility index (Phi) is 2.96. The summed E-state index contributed by atoms with van der Waals surface area (Å²) in [5.41, 5.74) is 1.05. The van der Waals surface area contributed by atoms with Gasteiger partial charge in [-0.25, -0.2) is 4.79 Å². The van der Waals surface area contributed by atoms with E-state index in [4.69, 9.17) is 4.74 Å². The summed E-state index contributed by atoms with van der Waals surface area (Å²) >= 11 is 0. The smallest absolute Gasteiger partial charge is 0.341 e. The van der Waals surface area contributed by atoms with Crippen molar-refractivity contribution < 1.29 is 24.5 Å². The molecule has 34 heavy (non-hydrogen) atoms. The molecule has 1 saturated heterocycles. The maximum absolute atomic E-state index is 13.2.